The van der Waals surface area contributed by atoms with Gasteiger partial charge in [-0.15, -0.1) is 28.2 Å². The van der Waals surface area contributed by atoms with Gasteiger partial charge in [-0.2, -0.15) is 0 Å². The van der Waals surface area contributed by atoms with Gasteiger partial charge in [-0.3, -0.25) is 0 Å². The molecule has 53 heavy (non-hydrogen) atoms. The molecule has 0 fully saturated rings. The van der Waals surface area contributed by atoms with Crippen LogP contribution in [0.25, 0.3) is 20.2 Å². The van der Waals surface area contributed by atoms with Gasteiger partial charge in [0.25, 0.3) is 0 Å². The number of nitrogens with one attached hydrogen (secondary N) is 1. The molecule has 0 aliphatic rings. The molecular formula is C41H38N2O6S4. The number of hydroxylamine groups is 1. The highest BCUT2D eigenvalue weighted by Crippen LogP contribution is 2.25. The Kier molecular flexibility index (Phi) is 12.5. The standard InChI is InChI=1S/C24H21NO4S2.C17H17NO2S2/c26-24(20-9-5-2-6-10-20)29-25-22(19-7-3-1-4-8-19)17-31(27,28)16-18-11-12-23-21(15-18)13-14-30-23;18-16(14-4-2-1-3-5-14)12-22(19,20)11-13-6-7-17-15(10-13)8-9-21-17/h1-15,22,25H,16-17H2;1-10,16H,11-12,18H2/t22-;16-/m11/s1. The normalized spacial score (nSPS) is 12.8. The topological polar surface area (TPSA) is 133 Å². The van der Waals surface area contributed by atoms with E-state index in [1.807, 2.05) is 108 Å². The Morgan fingerprint density at radius 1 is 0.604 bits per heavy atom. The van der Waals surface area contributed by atoms with Crippen molar-refractivity contribution in [2.24, 2.45) is 5.73 Å². The maximum Gasteiger partial charge on any atom is 0.356 e. The van der Waals surface area contributed by atoms with Crippen LogP contribution < -0.4 is 11.2 Å². The zero-order chi connectivity index (χ0) is 37.3. The van der Waals surface area contributed by atoms with Crippen LogP contribution in [0.5, 0.6) is 0 Å². The highest BCUT2D eigenvalue weighted by Gasteiger charge is 2.24. The van der Waals surface area contributed by atoms with E-state index in [0.29, 0.717) is 5.56 Å². The lowest BCUT2D eigenvalue weighted by Gasteiger charge is -2.19. The van der Waals surface area contributed by atoms with Gasteiger partial charge in [-0.05, 0) is 92.3 Å². The quantitative estimate of drug-likeness (QED) is 0.112. The fourth-order valence-corrected chi connectivity index (χ4v) is 10.5. The first-order chi connectivity index (χ1) is 25.5. The number of carbonyl (C=O) groups is 1. The molecule has 7 aromatic rings. The molecule has 0 unspecified atom stereocenters. The summed E-state index contributed by atoms with van der Waals surface area (Å²) in [5.41, 5.74) is 12.2. The Morgan fingerprint density at radius 2 is 1.08 bits per heavy atom. The van der Waals surface area contributed by atoms with Gasteiger partial charge in [0, 0.05) is 15.4 Å². The molecule has 2 aromatic heterocycles. The third-order valence-corrected chi connectivity index (χ3v) is 13.4. The third kappa shape index (κ3) is 10.9. The van der Waals surface area contributed by atoms with E-state index >= 15 is 0 Å². The monoisotopic (exact) mass is 782 g/mol. The van der Waals surface area contributed by atoms with Crippen LogP contribution >= 0.6 is 22.7 Å². The first-order valence-electron chi connectivity index (χ1n) is 16.7. The van der Waals surface area contributed by atoms with Gasteiger partial charge in [0.15, 0.2) is 19.7 Å². The van der Waals surface area contributed by atoms with Crippen molar-refractivity contribution < 1.29 is 26.5 Å². The smallest absolute Gasteiger partial charge is 0.356 e. The average molecular weight is 783 g/mol. The zero-order valence-corrected chi connectivity index (χ0v) is 31.8. The van der Waals surface area contributed by atoms with Crippen molar-refractivity contribution in [2.75, 3.05) is 11.5 Å². The lowest BCUT2D eigenvalue weighted by Crippen LogP contribution is -2.31. The van der Waals surface area contributed by atoms with E-state index in [4.69, 9.17) is 10.6 Å². The first kappa shape index (κ1) is 38.0. The predicted octanol–water partition coefficient (Wildman–Crippen LogP) is 8.44. The van der Waals surface area contributed by atoms with E-state index in [2.05, 4.69) is 5.48 Å². The summed E-state index contributed by atoms with van der Waals surface area (Å²) in [6.07, 6.45) is 0. The number of nitrogens with two attached hydrogens (primary N) is 1. The van der Waals surface area contributed by atoms with Crippen LogP contribution in [0.15, 0.2) is 150 Å². The van der Waals surface area contributed by atoms with E-state index in [9.17, 15) is 21.6 Å². The van der Waals surface area contributed by atoms with Crippen molar-refractivity contribution in [2.45, 2.75) is 23.6 Å². The molecule has 0 bridgehead atoms. The molecule has 5 aromatic carbocycles. The molecule has 0 amide bonds. The highest BCUT2D eigenvalue weighted by atomic mass is 32.2. The number of rotatable bonds is 13. The lowest BCUT2D eigenvalue weighted by molar-refractivity contribution is 0.0172. The minimum atomic E-state index is -3.50. The summed E-state index contributed by atoms with van der Waals surface area (Å²) >= 11 is 3.27. The number of carbonyl (C=O) groups excluding carboxylic acids is 1. The Hall–Kier alpha value is -4.69. The van der Waals surface area contributed by atoms with Gasteiger partial charge in [0.1, 0.15) is 0 Å². The largest absolute Gasteiger partial charge is 0.366 e. The van der Waals surface area contributed by atoms with Crippen LogP contribution in [-0.4, -0.2) is 34.3 Å². The molecule has 0 saturated heterocycles. The zero-order valence-electron chi connectivity index (χ0n) is 28.6. The molecule has 2 heterocycles. The van der Waals surface area contributed by atoms with E-state index in [-0.39, 0.29) is 23.0 Å². The van der Waals surface area contributed by atoms with E-state index in [1.165, 1.54) is 4.70 Å². The summed E-state index contributed by atoms with van der Waals surface area (Å²) in [7, 11) is -6.75. The summed E-state index contributed by atoms with van der Waals surface area (Å²) in [6.45, 7) is 0. The van der Waals surface area contributed by atoms with Crippen LogP contribution in [0, 0.1) is 0 Å². The van der Waals surface area contributed by atoms with E-state index in [0.717, 1.165) is 37.7 Å². The minimum Gasteiger partial charge on any atom is -0.366 e. The summed E-state index contributed by atoms with van der Waals surface area (Å²) < 4.78 is 53.0. The number of sulfone groups is 2. The van der Waals surface area contributed by atoms with Gasteiger partial charge < -0.3 is 10.6 Å². The number of hydrogen-bond donors (Lipinski definition) is 2. The van der Waals surface area contributed by atoms with Crippen molar-refractivity contribution in [1.29, 1.82) is 0 Å². The Labute approximate surface area is 317 Å². The summed E-state index contributed by atoms with van der Waals surface area (Å²) in [6, 6.07) is 41.3. The van der Waals surface area contributed by atoms with Crippen LogP contribution in [-0.2, 0) is 36.0 Å². The second-order valence-corrected chi connectivity index (χ2v) is 18.7. The van der Waals surface area contributed by atoms with Gasteiger partial charge in [0.05, 0.1) is 34.6 Å². The van der Waals surface area contributed by atoms with Crippen LogP contribution in [0.3, 0.4) is 0 Å². The molecule has 7 rings (SSSR count). The second-order valence-electron chi connectivity index (χ2n) is 12.5. The molecule has 0 radical (unpaired) electrons. The van der Waals surface area contributed by atoms with Crippen LogP contribution in [0.2, 0.25) is 0 Å². The maximum absolute atomic E-state index is 13.0. The maximum atomic E-state index is 13.0. The number of thiophene rings is 2. The van der Waals surface area contributed by atoms with Crippen LogP contribution in [0.1, 0.15) is 44.7 Å². The number of fused-ring (bicyclic) bond motifs is 2. The molecule has 2 atom stereocenters. The molecule has 8 nitrogen and oxygen atoms in total. The van der Waals surface area contributed by atoms with Gasteiger partial charge in [-0.1, -0.05) is 91.0 Å². The summed E-state index contributed by atoms with van der Waals surface area (Å²) in [5, 5.41) is 6.12. The fraction of sp³-hybridized carbons (Fsp3) is 0.146. The Balaban J connectivity index is 0.000000192. The molecule has 0 aliphatic heterocycles. The van der Waals surface area contributed by atoms with Crippen molar-refractivity contribution in [1.82, 2.24) is 5.48 Å². The fourth-order valence-electron chi connectivity index (χ4n) is 5.80. The molecule has 0 saturated carbocycles. The van der Waals surface area contributed by atoms with Crippen molar-refractivity contribution >= 4 is 68.5 Å². The molecular weight excluding hydrogens is 745 g/mol. The van der Waals surface area contributed by atoms with Crippen LogP contribution in [0.4, 0.5) is 0 Å². The Bertz CT molecular complexity index is 2490. The number of benzene rings is 5. The van der Waals surface area contributed by atoms with Crippen molar-refractivity contribution in [3.63, 3.8) is 0 Å². The van der Waals surface area contributed by atoms with E-state index < -0.39 is 37.7 Å². The SMILES string of the molecule is N[C@H](CS(=O)(=O)Cc1ccc2sccc2c1)c1ccccc1.O=C(ON[C@H](CS(=O)(=O)Cc1ccc2sccc2c1)c1ccccc1)c1ccccc1. The van der Waals surface area contributed by atoms with Gasteiger partial charge in [-0.25, -0.2) is 21.6 Å². The van der Waals surface area contributed by atoms with E-state index in [1.54, 1.807) is 65.1 Å². The first-order valence-corrected chi connectivity index (χ1v) is 22.1. The predicted molar refractivity (Wildman–Crippen MR) is 216 cm³/mol. The molecule has 272 valence electrons. The summed E-state index contributed by atoms with van der Waals surface area (Å²) in [4.78, 5) is 17.5. The lowest BCUT2D eigenvalue weighted by atomic mass is 10.1. The summed E-state index contributed by atoms with van der Waals surface area (Å²) in [5.74, 6) is -0.878. The highest BCUT2D eigenvalue weighted by molar-refractivity contribution is 7.90. The molecule has 0 aliphatic carbocycles. The third-order valence-electron chi connectivity index (χ3n) is 8.39. The average Bonchev–Trinajstić information content (AvgIpc) is 3.83. The Morgan fingerprint density at radius 3 is 1.60 bits per heavy atom. The van der Waals surface area contributed by atoms with Crippen molar-refractivity contribution in [3.05, 3.63) is 178 Å². The van der Waals surface area contributed by atoms with Gasteiger partial charge in [0.2, 0.25) is 0 Å². The molecule has 0 spiro atoms. The molecule has 12 heteroatoms. The second kappa shape index (κ2) is 17.4. The van der Waals surface area contributed by atoms with Gasteiger partial charge >= 0.3 is 5.97 Å². The van der Waals surface area contributed by atoms with Crippen molar-refractivity contribution in [3.8, 4) is 0 Å². The number of hydrogen-bond acceptors (Lipinski definition) is 10. The molecule has 3 N–H and O–H groups in total. The minimum absolute atomic E-state index is 0.0271.